The first-order valence-electron chi connectivity index (χ1n) is 14.0. The van der Waals surface area contributed by atoms with Crippen LogP contribution < -0.4 is 0 Å². The van der Waals surface area contributed by atoms with E-state index >= 15 is 0 Å². The zero-order valence-electron chi connectivity index (χ0n) is 23.8. The molecule has 0 heterocycles. The van der Waals surface area contributed by atoms with Crippen molar-refractivity contribution in [2.75, 3.05) is 0 Å². The van der Waals surface area contributed by atoms with Gasteiger partial charge in [-0.1, -0.05) is 62.3 Å². The van der Waals surface area contributed by atoms with Crippen LogP contribution in [0.2, 0.25) is 0 Å². The molecule has 0 unspecified atom stereocenters. The summed E-state index contributed by atoms with van der Waals surface area (Å²) < 4.78 is 0. The first kappa shape index (κ1) is 30.9. The van der Waals surface area contributed by atoms with E-state index in [1.165, 1.54) is 38.5 Å². The first-order valence-corrected chi connectivity index (χ1v) is 14.0. The summed E-state index contributed by atoms with van der Waals surface area (Å²) in [4.78, 5) is 0. The molecule has 0 amide bonds. The Bertz CT molecular complexity index is 422. The molecule has 3 aliphatic carbocycles. The summed E-state index contributed by atoms with van der Waals surface area (Å²) in [5.41, 5.74) is 1.33. The van der Waals surface area contributed by atoms with Crippen molar-refractivity contribution in [2.24, 2.45) is 34.0 Å². The summed E-state index contributed by atoms with van der Waals surface area (Å²) in [6, 6.07) is 0. The quantitative estimate of drug-likeness (QED) is 0.340. The molecular weight excluding hydrogens is 408 g/mol. The van der Waals surface area contributed by atoms with Crippen molar-refractivity contribution in [3.63, 3.8) is 0 Å². The lowest BCUT2D eigenvalue weighted by atomic mass is 9.72. The van der Waals surface area contributed by atoms with Crippen LogP contribution in [0.15, 0.2) is 0 Å². The molecule has 198 valence electrons. The van der Waals surface area contributed by atoms with Crippen LogP contribution in [0.4, 0.5) is 0 Å². The number of aliphatic hydroxyl groups is 3. The predicted octanol–water partition coefficient (Wildman–Crippen LogP) is 7.75. The number of aliphatic hydroxyl groups excluding tert-OH is 3. The molecule has 0 aromatic rings. The largest absolute Gasteiger partial charge is 0.393 e. The van der Waals surface area contributed by atoms with Crippen LogP contribution in [0, 0.1) is 34.0 Å². The third-order valence-corrected chi connectivity index (χ3v) is 8.76. The van der Waals surface area contributed by atoms with Crippen molar-refractivity contribution in [3.8, 4) is 0 Å². The maximum atomic E-state index is 9.29. The van der Waals surface area contributed by atoms with Crippen LogP contribution in [-0.2, 0) is 0 Å². The number of hydrogen-bond acceptors (Lipinski definition) is 3. The molecular formula is C30H60O3. The Labute approximate surface area is 207 Å². The maximum Gasteiger partial charge on any atom is 0.0540 e. The van der Waals surface area contributed by atoms with Gasteiger partial charge in [-0.2, -0.15) is 0 Å². The highest BCUT2D eigenvalue weighted by atomic mass is 16.3. The zero-order chi connectivity index (χ0) is 25.4. The van der Waals surface area contributed by atoms with E-state index in [9.17, 15) is 15.3 Å². The molecule has 0 aliphatic heterocycles. The van der Waals surface area contributed by atoms with Crippen LogP contribution in [0.3, 0.4) is 0 Å². The van der Waals surface area contributed by atoms with Crippen molar-refractivity contribution in [1.29, 1.82) is 0 Å². The highest BCUT2D eigenvalue weighted by Gasteiger charge is 2.30. The van der Waals surface area contributed by atoms with Gasteiger partial charge >= 0.3 is 0 Å². The molecule has 3 aliphatic rings. The maximum absolute atomic E-state index is 9.29. The molecule has 3 fully saturated rings. The summed E-state index contributed by atoms with van der Waals surface area (Å²) in [7, 11) is 0. The van der Waals surface area contributed by atoms with Crippen molar-refractivity contribution in [3.05, 3.63) is 0 Å². The van der Waals surface area contributed by atoms with Crippen molar-refractivity contribution >= 4 is 0 Å². The van der Waals surface area contributed by atoms with E-state index in [1.807, 2.05) is 0 Å². The standard InChI is InChI=1S/3C10H20O/c3*1-10(2,3)8-4-6-9(11)7-5-8/h3*8-9,11H,4-7H2,1-3H3. The fourth-order valence-electron chi connectivity index (χ4n) is 5.83. The lowest BCUT2D eigenvalue weighted by Gasteiger charge is -2.35. The lowest BCUT2D eigenvalue weighted by molar-refractivity contribution is 0.0722. The van der Waals surface area contributed by atoms with Gasteiger partial charge in [0.25, 0.3) is 0 Å². The van der Waals surface area contributed by atoms with Crippen molar-refractivity contribution in [2.45, 2.75) is 158 Å². The molecule has 3 nitrogen and oxygen atoms in total. The normalized spacial score (nSPS) is 33.8. The van der Waals surface area contributed by atoms with Crippen molar-refractivity contribution < 1.29 is 15.3 Å². The smallest absolute Gasteiger partial charge is 0.0540 e. The molecule has 0 atom stereocenters. The molecule has 3 saturated carbocycles. The van der Waals surface area contributed by atoms with Crippen molar-refractivity contribution in [1.82, 2.24) is 0 Å². The van der Waals surface area contributed by atoms with Crippen LogP contribution in [0.25, 0.3) is 0 Å². The van der Waals surface area contributed by atoms with Crippen LogP contribution in [-0.4, -0.2) is 33.6 Å². The fourth-order valence-corrected chi connectivity index (χ4v) is 5.83. The lowest BCUT2D eigenvalue weighted by Crippen LogP contribution is -2.27. The van der Waals surface area contributed by atoms with E-state index in [0.717, 1.165) is 56.3 Å². The summed E-state index contributed by atoms with van der Waals surface area (Å²) in [5, 5.41) is 27.9. The predicted molar refractivity (Wildman–Crippen MR) is 142 cm³/mol. The Morgan fingerprint density at radius 2 is 0.485 bits per heavy atom. The van der Waals surface area contributed by atoms with Gasteiger partial charge < -0.3 is 15.3 Å². The average Bonchev–Trinajstić information content (AvgIpc) is 2.68. The minimum Gasteiger partial charge on any atom is -0.393 e. The minimum atomic E-state index is -0.00593. The molecule has 3 rings (SSSR count). The number of hydrogen-bond donors (Lipinski definition) is 3. The Morgan fingerprint density at radius 1 is 0.333 bits per heavy atom. The van der Waals surface area contributed by atoms with E-state index in [-0.39, 0.29) is 18.3 Å². The van der Waals surface area contributed by atoms with Crippen LogP contribution in [0.1, 0.15) is 139 Å². The van der Waals surface area contributed by atoms with Gasteiger partial charge in [0.15, 0.2) is 0 Å². The second kappa shape index (κ2) is 13.3. The Kier molecular flexibility index (Phi) is 12.4. The summed E-state index contributed by atoms with van der Waals surface area (Å²) >= 11 is 0. The third kappa shape index (κ3) is 12.4. The highest BCUT2D eigenvalue weighted by molar-refractivity contribution is 4.81. The molecule has 33 heavy (non-hydrogen) atoms. The average molecular weight is 469 g/mol. The topological polar surface area (TPSA) is 60.7 Å². The molecule has 0 aromatic heterocycles. The molecule has 3 heteroatoms. The van der Waals surface area contributed by atoms with Crippen LogP contribution >= 0.6 is 0 Å². The molecule has 3 N–H and O–H groups in total. The minimum absolute atomic E-state index is 0.00593. The summed E-state index contributed by atoms with van der Waals surface area (Å²) in [6.45, 7) is 20.7. The first-order chi connectivity index (χ1) is 15.0. The van der Waals surface area contributed by atoms with E-state index in [0.29, 0.717) is 16.2 Å². The van der Waals surface area contributed by atoms with Gasteiger partial charge in [-0.25, -0.2) is 0 Å². The Hall–Kier alpha value is -0.120. The van der Waals surface area contributed by atoms with Crippen LogP contribution in [0.5, 0.6) is 0 Å². The van der Waals surface area contributed by atoms with E-state index < -0.39 is 0 Å². The Balaban J connectivity index is 0.000000247. The third-order valence-electron chi connectivity index (χ3n) is 8.76. The van der Waals surface area contributed by atoms with Gasteiger partial charge in [0.05, 0.1) is 18.3 Å². The molecule has 0 saturated heterocycles. The zero-order valence-corrected chi connectivity index (χ0v) is 23.8. The van der Waals surface area contributed by atoms with Gasteiger partial charge in [0.2, 0.25) is 0 Å². The number of rotatable bonds is 0. The summed E-state index contributed by atoms with van der Waals surface area (Å²) in [5.74, 6) is 2.47. The van der Waals surface area contributed by atoms with Gasteiger partial charge in [0, 0.05) is 0 Å². The molecule has 0 bridgehead atoms. The van der Waals surface area contributed by atoms with E-state index in [2.05, 4.69) is 62.3 Å². The second-order valence-electron chi connectivity index (χ2n) is 14.6. The molecule has 0 aromatic carbocycles. The fraction of sp³-hybridized carbons (Fsp3) is 1.00. The van der Waals surface area contributed by atoms with Gasteiger partial charge in [-0.15, -0.1) is 0 Å². The van der Waals surface area contributed by atoms with Gasteiger partial charge in [0.1, 0.15) is 0 Å². The monoisotopic (exact) mass is 468 g/mol. The van der Waals surface area contributed by atoms with Gasteiger partial charge in [-0.05, 0) is 111 Å². The van der Waals surface area contributed by atoms with Gasteiger partial charge in [-0.3, -0.25) is 0 Å². The SMILES string of the molecule is CC(C)(C)C1CCC(O)CC1.CC(C)(C)C1CCC(O)CC1.CC(C)(C)C1CCC(O)CC1. The Morgan fingerprint density at radius 3 is 0.606 bits per heavy atom. The van der Waals surface area contributed by atoms with E-state index in [4.69, 9.17) is 0 Å². The molecule has 0 spiro atoms. The second-order valence-corrected chi connectivity index (χ2v) is 14.6. The van der Waals surface area contributed by atoms with E-state index in [1.54, 1.807) is 0 Å². The molecule has 0 radical (unpaired) electrons. The highest BCUT2D eigenvalue weighted by Crippen LogP contribution is 2.39. The summed E-state index contributed by atoms with van der Waals surface area (Å²) in [6.07, 6.45) is 13.4.